The molecule has 0 spiro atoms. The quantitative estimate of drug-likeness (QED) is 0.859. The number of rotatable bonds is 6. The monoisotopic (exact) mass is 320 g/mol. The summed E-state index contributed by atoms with van der Waals surface area (Å²) in [6, 6.07) is 0.696. The van der Waals surface area contributed by atoms with E-state index in [1.807, 2.05) is 4.57 Å². The second-order valence-electron chi connectivity index (χ2n) is 6.69. The molecule has 0 aromatic carbocycles. The van der Waals surface area contributed by atoms with Gasteiger partial charge in [0.25, 0.3) is 0 Å². The van der Waals surface area contributed by atoms with Crippen LogP contribution in [-0.2, 0) is 29.1 Å². The summed E-state index contributed by atoms with van der Waals surface area (Å²) in [5.74, 6) is 0.0636. The number of aromatic nitrogens is 2. The molecule has 1 N–H and O–H groups in total. The molecule has 1 aromatic heterocycles. The van der Waals surface area contributed by atoms with Crippen molar-refractivity contribution in [3.05, 3.63) is 17.7 Å². The molecule has 0 bridgehead atoms. The molecule has 0 radical (unpaired) electrons. The highest BCUT2D eigenvalue weighted by Crippen LogP contribution is 2.21. The Balaban J connectivity index is 1.40. The van der Waals surface area contributed by atoms with E-state index in [9.17, 15) is 4.79 Å². The summed E-state index contributed by atoms with van der Waals surface area (Å²) in [4.78, 5) is 18.9. The number of carbonyl (C=O) groups excluding carboxylic acids is 1. The molecule has 6 nitrogen and oxygen atoms in total. The number of hydrogen-bond donors (Lipinski definition) is 1. The van der Waals surface area contributed by atoms with Gasteiger partial charge in [-0.05, 0) is 19.9 Å². The lowest BCUT2D eigenvalue weighted by molar-refractivity contribution is -0.121. The summed E-state index contributed by atoms with van der Waals surface area (Å²) < 4.78 is 7.34. The maximum Gasteiger partial charge on any atom is 0.240 e. The summed E-state index contributed by atoms with van der Waals surface area (Å²) in [5, 5.41) is 3.04. The van der Waals surface area contributed by atoms with Gasteiger partial charge in [-0.2, -0.15) is 0 Å². The van der Waals surface area contributed by atoms with Crippen LogP contribution in [0.4, 0.5) is 0 Å². The Kier molecular flexibility index (Phi) is 5.67. The van der Waals surface area contributed by atoms with Crippen molar-refractivity contribution in [3.63, 3.8) is 0 Å². The van der Waals surface area contributed by atoms with Crippen LogP contribution in [0.1, 0.15) is 43.5 Å². The van der Waals surface area contributed by atoms with Gasteiger partial charge in [0, 0.05) is 31.2 Å². The Bertz CT molecular complexity index is 523. The molecule has 0 unspecified atom stereocenters. The minimum Gasteiger partial charge on any atom is -0.375 e. The van der Waals surface area contributed by atoms with Crippen molar-refractivity contribution < 1.29 is 9.53 Å². The van der Waals surface area contributed by atoms with Crippen LogP contribution >= 0.6 is 0 Å². The average molecular weight is 320 g/mol. The first kappa shape index (κ1) is 16.5. The average Bonchev–Trinajstić information content (AvgIpc) is 2.99. The predicted molar refractivity (Wildman–Crippen MR) is 88.1 cm³/mol. The van der Waals surface area contributed by atoms with Crippen LogP contribution in [0.3, 0.4) is 0 Å². The van der Waals surface area contributed by atoms with Crippen LogP contribution < -0.4 is 5.32 Å². The van der Waals surface area contributed by atoms with E-state index in [2.05, 4.69) is 22.2 Å². The molecule has 1 aromatic rings. The fraction of sp³-hybridized carbons (Fsp3) is 0.765. The molecule has 1 fully saturated rings. The minimum atomic E-state index is 0.0636. The Morgan fingerprint density at radius 2 is 2.26 bits per heavy atom. The molecular weight excluding hydrogens is 292 g/mol. The van der Waals surface area contributed by atoms with Gasteiger partial charge in [-0.3, -0.25) is 4.79 Å². The van der Waals surface area contributed by atoms with Gasteiger partial charge < -0.3 is 19.5 Å². The first-order valence-electron chi connectivity index (χ1n) is 8.81. The van der Waals surface area contributed by atoms with Gasteiger partial charge in [0.15, 0.2) is 0 Å². The van der Waals surface area contributed by atoms with Gasteiger partial charge in [-0.15, -0.1) is 0 Å². The lowest BCUT2D eigenvalue weighted by atomic mass is 9.94. The molecule has 2 heterocycles. The van der Waals surface area contributed by atoms with Crippen molar-refractivity contribution in [2.45, 2.75) is 57.7 Å². The third-order valence-electron chi connectivity index (χ3n) is 5.05. The Morgan fingerprint density at radius 3 is 3.09 bits per heavy atom. The third kappa shape index (κ3) is 4.32. The van der Waals surface area contributed by atoms with Crippen LogP contribution in [0, 0.1) is 0 Å². The van der Waals surface area contributed by atoms with Gasteiger partial charge in [0.05, 0.1) is 25.2 Å². The molecule has 0 saturated heterocycles. The minimum absolute atomic E-state index is 0.0636. The van der Waals surface area contributed by atoms with Gasteiger partial charge in [0.2, 0.25) is 5.91 Å². The van der Waals surface area contributed by atoms with Crippen molar-refractivity contribution in [2.75, 3.05) is 26.7 Å². The highest BCUT2D eigenvalue weighted by Gasteiger charge is 2.19. The second-order valence-corrected chi connectivity index (χ2v) is 6.69. The first-order chi connectivity index (χ1) is 11.2. The summed E-state index contributed by atoms with van der Waals surface area (Å²) in [7, 11) is 2.17. The van der Waals surface area contributed by atoms with Crippen LogP contribution in [0.25, 0.3) is 0 Å². The maximum atomic E-state index is 12.1. The van der Waals surface area contributed by atoms with Crippen LogP contribution in [0.5, 0.6) is 0 Å². The molecule has 2 aliphatic rings. The van der Waals surface area contributed by atoms with E-state index in [4.69, 9.17) is 4.74 Å². The van der Waals surface area contributed by atoms with Crippen molar-refractivity contribution in [3.8, 4) is 0 Å². The van der Waals surface area contributed by atoms with E-state index in [0.29, 0.717) is 32.3 Å². The van der Waals surface area contributed by atoms with Crippen LogP contribution in [0.15, 0.2) is 6.33 Å². The SMILES string of the molecule is CN(CCNC(=O)Cn1cnc2c1CCOC2)C1CCCCC1. The number of imidazole rings is 1. The predicted octanol–water partition coefficient (Wildman–Crippen LogP) is 1.34. The maximum absolute atomic E-state index is 12.1. The molecule has 1 aliphatic heterocycles. The lowest BCUT2D eigenvalue weighted by Gasteiger charge is -2.31. The molecule has 23 heavy (non-hydrogen) atoms. The van der Waals surface area contributed by atoms with Crippen molar-refractivity contribution >= 4 is 5.91 Å². The number of nitrogens with one attached hydrogen (secondary N) is 1. The number of likely N-dealkylation sites (N-methyl/N-ethyl adjacent to an activating group) is 1. The molecule has 1 amide bonds. The normalized spacial score (nSPS) is 18.9. The second kappa shape index (κ2) is 7.93. The molecule has 1 saturated carbocycles. The molecule has 1 aliphatic carbocycles. The van der Waals surface area contributed by atoms with Crippen LogP contribution in [-0.4, -0.2) is 53.1 Å². The Labute approximate surface area is 138 Å². The van der Waals surface area contributed by atoms with E-state index >= 15 is 0 Å². The van der Waals surface area contributed by atoms with E-state index in [1.165, 1.54) is 32.1 Å². The molecule has 3 rings (SSSR count). The third-order valence-corrected chi connectivity index (χ3v) is 5.05. The lowest BCUT2D eigenvalue weighted by Crippen LogP contribution is -2.40. The highest BCUT2D eigenvalue weighted by molar-refractivity contribution is 5.75. The number of amides is 1. The van der Waals surface area contributed by atoms with Crippen molar-refractivity contribution in [1.82, 2.24) is 19.8 Å². The molecular formula is C17H28N4O2. The number of hydrogen-bond acceptors (Lipinski definition) is 4. The Morgan fingerprint density at radius 1 is 1.43 bits per heavy atom. The van der Waals surface area contributed by atoms with Crippen LogP contribution in [0.2, 0.25) is 0 Å². The van der Waals surface area contributed by atoms with E-state index < -0.39 is 0 Å². The highest BCUT2D eigenvalue weighted by atomic mass is 16.5. The summed E-state index contributed by atoms with van der Waals surface area (Å²) in [6.07, 6.45) is 9.26. The summed E-state index contributed by atoms with van der Waals surface area (Å²) >= 11 is 0. The van der Waals surface area contributed by atoms with E-state index in [-0.39, 0.29) is 5.91 Å². The standard InChI is InChI=1S/C17H28N4O2/c1-20(14-5-3-2-4-6-14)9-8-18-17(22)11-21-13-19-15-12-23-10-7-16(15)21/h13-14H,2-12H2,1H3,(H,18,22). The zero-order valence-corrected chi connectivity index (χ0v) is 14.1. The van der Waals surface area contributed by atoms with E-state index in [0.717, 1.165) is 24.4 Å². The van der Waals surface area contributed by atoms with Crippen molar-refractivity contribution in [2.24, 2.45) is 0 Å². The summed E-state index contributed by atoms with van der Waals surface area (Å²) in [5.41, 5.74) is 2.12. The number of ether oxygens (including phenoxy) is 1. The molecule has 0 atom stereocenters. The van der Waals surface area contributed by atoms with Gasteiger partial charge >= 0.3 is 0 Å². The fourth-order valence-electron chi connectivity index (χ4n) is 3.62. The number of carbonyl (C=O) groups is 1. The van der Waals surface area contributed by atoms with Gasteiger partial charge in [-0.1, -0.05) is 19.3 Å². The fourth-order valence-corrected chi connectivity index (χ4v) is 3.62. The number of fused-ring (bicyclic) bond motifs is 1. The Hall–Kier alpha value is -1.40. The van der Waals surface area contributed by atoms with Crippen molar-refractivity contribution in [1.29, 1.82) is 0 Å². The molecule has 128 valence electrons. The van der Waals surface area contributed by atoms with E-state index in [1.54, 1.807) is 6.33 Å². The molecule has 6 heteroatoms. The largest absolute Gasteiger partial charge is 0.375 e. The zero-order valence-electron chi connectivity index (χ0n) is 14.1. The topological polar surface area (TPSA) is 59.4 Å². The summed E-state index contributed by atoms with van der Waals surface area (Å²) in [6.45, 7) is 3.27. The smallest absolute Gasteiger partial charge is 0.240 e. The first-order valence-corrected chi connectivity index (χ1v) is 8.81. The van der Waals surface area contributed by atoms with Gasteiger partial charge in [-0.25, -0.2) is 4.98 Å². The zero-order chi connectivity index (χ0) is 16.1. The van der Waals surface area contributed by atoms with Gasteiger partial charge in [0.1, 0.15) is 6.54 Å². The number of nitrogens with zero attached hydrogens (tertiary/aromatic N) is 3.